The maximum absolute atomic E-state index is 9.92. The lowest BCUT2D eigenvalue weighted by atomic mass is 9.97. The fourth-order valence-electron chi connectivity index (χ4n) is 1.56. The molecule has 14 heavy (non-hydrogen) atoms. The highest BCUT2D eigenvalue weighted by Gasteiger charge is 2.12. The Morgan fingerprint density at radius 3 is 2.57 bits per heavy atom. The first kappa shape index (κ1) is 11.1. The van der Waals surface area contributed by atoms with Gasteiger partial charge in [0.25, 0.3) is 0 Å². The summed E-state index contributed by atoms with van der Waals surface area (Å²) in [5.41, 5.74) is 8.49. The van der Waals surface area contributed by atoms with Crippen LogP contribution in [-0.4, -0.2) is 5.11 Å². The lowest BCUT2D eigenvalue weighted by Crippen LogP contribution is -2.05. The van der Waals surface area contributed by atoms with Gasteiger partial charge in [-0.1, -0.05) is 31.5 Å². The second kappa shape index (κ2) is 4.47. The first-order valence-corrected chi connectivity index (χ1v) is 5.04. The Labute approximate surface area is 85.8 Å². The van der Waals surface area contributed by atoms with Gasteiger partial charge in [-0.15, -0.1) is 0 Å². The Bertz CT molecular complexity index is 307. The molecule has 1 aromatic carbocycles. The van der Waals surface area contributed by atoms with Crippen LogP contribution in [0.2, 0.25) is 0 Å². The second-order valence-corrected chi connectivity index (χ2v) is 4.28. The highest BCUT2D eigenvalue weighted by Crippen LogP contribution is 2.26. The molecule has 0 fully saturated rings. The predicted molar refractivity (Wildman–Crippen MR) is 60.0 cm³/mol. The maximum Gasteiger partial charge on any atom is 0.0812 e. The Balaban J connectivity index is 2.88. The number of aryl methyl sites for hydroxylation is 1. The van der Waals surface area contributed by atoms with Gasteiger partial charge in [-0.2, -0.15) is 0 Å². The molecule has 1 aromatic rings. The molecule has 2 heteroatoms. The molecule has 0 spiro atoms. The molecule has 0 radical (unpaired) electrons. The van der Waals surface area contributed by atoms with Gasteiger partial charge in [-0.25, -0.2) is 0 Å². The van der Waals surface area contributed by atoms with Crippen LogP contribution in [0.1, 0.15) is 37.5 Å². The monoisotopic (exact) mass is 193 g/mol. The molecule has 0 heterocycles. The molecule has 0 saturated carbocycles. The fraction of sp³-hybridized carbons (Fsp3) is 0.500. The third-order valence-corrected chi connectivity index (χ3v) is 2.30. The van der Waals surface area contributed by atoms with Crippen molar-refractivity contribution >= 4 is 5.69 Å². The average molecular weight is 193 g/mol. The van der Waals surface area contributed by atoms with Crippen LogP contribution in [-0.2, 0) is 0 Å². The fourth-order valence-corrected chi connectivity index (χ4v) is 1.56. The van der Waals surface area contributed by atoms with Crippen molar-refractivity contribution in [2.45, 2.75) is 33.3 Å². The summed E-state index contributed by atoms with van der Waals surface area (Å²) in [6, 6.07) is 5.78. The number of rotatable bonds is 3. The average Bonchev–Trinajstić information content (AvgIpc) is 2.08. The molecule has 1 unspecified atom stereocenters. The zero-order chi connectivity index (χ0) is 10.7. The zero-order valence-electron chi connectivity index (χ0n) is 9.12. The van der Waals surface area contributed by atoms with Crippen molar-refractivity contribution < 1.29 is 5.11 Å². The third kappa shape index (κ3) is 2.74. The predicted octanol–water partition coefficient (Wildman–Crippen LogP) is 2.66. The minimum Gasteiger partial charge on any atom is -0.398 e. The number of nitrogen functional groups attached to an aromatic ring is 1. The Kier molecular flexibility index (Phi) is 3.53. The van der Waals surface area contributed by atoms with E-state index in [4.69, 9.17) is 5.73 Å². The lowest BCUT2D eigenvalue weighted by molar-refractivity contribution is 0.151. The number of anilines is 1. The summed E-state index contributed by atoms with van der Waals surface area (Å²) in [6.45, 7) is 6.19. The molecule has 0 bridgehead atoms. The van der Waals surface area contributed by atoms with Crippen molar-refractivity contribution in [3.8, 4) is 0 Å². The normalized spacial score (nSPS) is 13.2. The first-order chi connectivity index (χ1) is 6.50. The highest BCUT2D eigenvalue weighted by atomic mass is 16.3. The van der Waals surface area contributed by atoms with E-state index in [9.17, 15) is 5.11 Å². The number of nitrogens with two attached hydrogens (primary N) is 1. The van der Waals surface area contributed by atoms with Crippen molar-refractivity contribution in [2.24, 2.45) is 5.92 Å². The third-order valence-electron chi connectivity index (χ3n) is 2.30. The van der Waals surface area contributed by atoms with E-state index in [0.29, 0.717) is 11.6 Å². The van der Waals surface area contributed by atoms with E-state index in [1.165, 1.54) is 0 Å². The van der Waals surface area contributed by atoms with Gasteiger partial charge < -0.3 is 10.8 Å². The van der Waals surface area contributed by atoms with E-state index in [0.717, 1.165) is 17.5 Å². The van der Waals surface area contributed by atoms with E-state index in [1.807, 2.05) is 25.1 Å². The minimum absolute atomic E-state index is 0.435. The summed E-state index contributed by atoms with van der Waals surface area (Å²) in [6.07, 6.45) is 0.322. The van der Waals surface area contributed by atoms with Gasteiger partial charge in [0, 0.05) is 11.3 Å². The van der Waals surface area contributed by atoms with Gasteiger partial charge in [0.05, 0.1) is 6.10 Å². The van der Waals surface area contributed by atoms with Crippen LogP contribution in [0.3, 0.4) is 0 Å². The molecular weight excluding hydrogens is 174 g/mol. The van der Waals surface area contributed by atoms with Crippen molar-refractivity contribution in [1.29, 1.82) is 0 Å². The molecule has 0 aromatic heterocycles. The van der Waals surface area contributed by atoms with Crippen LogP contribution in [0.4, 0.5) is 5.69 Å². The number of benzene rings is 1. The summed E-state index contributed by atoms with van der Waals surface area (Å²) >= 11 is 0. The van der Waals surface area contributed by atoms with Gasteiger partial charge >= 0.3 is 0 Å². The topological polar surface area (TPSA) is 46.2 Å². The molecule has 0 aliphatic carbocycles. The number of aliphatic hydroxyl groups excluding tert-OH is 1. The quantitative estimate of drug-likeness (QED) is 0.725. The van der Waals surface area contributed by atoms with Crippen molar-refractivity contribution in [3.63, 3.8) is 0 Å². The molecule has 0 saturated heterocycles. The largest absolute Gasteiger partial charge is 0.398 e. The van der Waals surface area contributed by atoms with E-state index >= 15 is 0 Å². The smallest absolute Gasteiger partial charge is 0.0812 e. The van der Waals surface area contributed by atoms with Crippen LogP contribution >= 0.6 is 0 Å². The number of hydrogen-bond acceptors (Lipinski definition) is 2. The van der Waals surface area contributed by atoms with Crippen LogP contribution in [0.25, 0.3) is 0 Å². The minimum atomic E-state index is -0.435. The zero-order valence-corrected chi connectivity index (χ0v) is 9.12. The van der Waals surface area contributed by atoms with E-state index in [1.54, 1.807) is 0 Å². The van der Waals surface area contributed by atoms with Gasteiger partial charge in [0.1, 0.15) is 0 Å². The summed E-state index contributed by atoms with van der Waals surface area (Å²) in [5.74, 6) is 0.477. The van der Waals surface area contributed by atoms with Crippen molar-refractivity contribution in [2.75, 3.05) is 5.73 Å². The van der Waals surface area contributed by atoms with Gasteiger partial charge in [-0.3, -0.25) is 0 Å². The first-order valence-electron chi connectivity index (χ1n) is 5.04. The van der Waals surface area contributed by atoms with Gasteiger partial charge in [0.2, 0.25) is 0 Å². The van der Waals surface area contributed by atoms with Gasteiger partial charge in [0.15, 0.2) is 0 Å². The van der Waals surface area contributed by atoms with Crippen LogP contribution in [0.15, 0.2) is 18.2 Å². The molecular formula is C12H19NO. The van der Waals surface area contributed by atoms with Crippen LogP contribution in [0, 0.1) is 12.8 Å². The molecule has 0 aliphatic heterocycles. The summed E-state index contributed by atoms with van der Waals surface area (Å²) in [5, 5.41) is 9.92. The summed E-state index contributed by atoms with van der Waals surface area (Å²) < 4.78 is 0. The SMILES string of the molecule is Cc1ccc(N)c(C(O)CC(C)C)c1. The lowest BCUT2D eigenvalue weighted by Gasteiger charge is -2.15. The number of aliphatic hydroxyl groups is 1. The summed E-state index contributed by atoms with van der Waals surface area (Å²) in [4.78, 5) is 0. The maximum atomic E-state index is 9.92. The molecule has 1 atom stereocenters. The highest BCUT2D eigenvalue weighted by molar-refractivity contribution is 5.49. The number of hydrogen-bond donors (Lipinski definition) is 2. The Hall–Kier alpha value is -1.02. The van der Waals surface area contributed by atoms with E-state index < -0.39 is 6.10 Å². The Morgan fingerprint density at radius 1 is 1.36 bits per heavy atom. The molecule has 0 aliphatic rings. The second-order valence-electron chi connectivity index (χ2n) is 4.28. The summed E-state index contributed by atoms with van der Waals surface area (Å²) in [7, 11) is 0. The Morgan fingerprint density at radius 2 is 2.00 bits per heavy atom. The van der Waals surface area contributed by atoms with Gasteiger partial charge in [-0.05, 0) is 25.3 Å². The molecule has 2 nitrogen and oxygen atoms in total. The van der Waals surface area contributed by atoms with Crippen LogP contribution in [0.5, 0.6) is 0 Å². The molecule has 78 valence electrons. The van der Waals surface area contributed by atoms with E-state index in [-0.39, 0.29) is 0 Å². The van der Waals surface area contributed by atoms with Crippen LogP contribution < -0.4 is 5.73 Å². The van der Waals surface area contributed by atoms with Crippen molar-refractivity contribution in [1.82, 2.24) is 0 Å². The molecule has 1 rings (SSSR count). The molecule has 0 amide bonds. The standard InChI is InChI=1S/C12H19NO/c1-8(2)6-12(14)10-7-9(3)4-5-11(10)13/h4-5,7-8,12,14H,6,13H2,1-3H3. The molecule has 3 N–H and O–H groups in total. The van der Waals surface area contributed by atoms with Crippen molar-refractivity contribution in [3.05, 3.63) is 29.3 Å². The van der Waals surface area contributed by atoms with E-state index in [2.05, 4.69) is 13.8 Å².